The number of rotatable bonds is 4. The SMILES string of the molecule is C[C@@H](O)CN(C)C(=O)Nc1cccc(Cl)c1N1CCOCC1. The third-order valence-corrected chi connectivity index (χ3v) is 3.75. The molecule has 1 atom stereocenters. The topological polar surface area (TPSA) is 65.0 Å². The highest BCUT2D eigenvalue weighted by Gasteiger charge is 2.20. The summed E-state index contributed by atoms with van der Waals surface area (Å²) >= 11 is 6.32. The van der Waals surface area contributed by atoms with Crippen molar-refractivity contribution in [1.29, 1.82) is 0 Å². The van der Waals surface area contributed by atoms with Gasteiger partial charge in [-0.3, -0.25) is 0 Å². The first-order valence-corrected chi connectivity index (χ1v) is 7.68. The summed E-state index contributed by atoms with van der Waals surface area (Å²) in [5, 5.41) is 12.8. The maximum atomic E-state index is 12.2. The Morgan fingerprint density at radius 1 is 1.50 bits per heavy atom. The van der Waals surface area contributed by atoms with Crippen molar-refractivity contribution in [2.24, 2.45) is 0 Å². The number of aliphatic hydroxyl groups excluding tert-OH is 1. The second-order valence-corrected chi connectivity index (χ2v) is 5.80. The van der Waals surface area contributed by atoms with E-state index >= 15 is 0 Å². The summed E-state index contributed by atoms with van der Waals surface area (Å²) in [4.78, 5) is 15.8. The minimum Gasteiger partial charge on any atom is -0.392 e. The summed E-state index contributed by atoms with van der Waals surface area (Å²) in [6, 6.07) is 5.15. The van der Waals surface area contributed by atoms with Crippen LogP contribution in [-0.2, 0) is 4.74 Å². The van der Waals surface area contributed by atoms with Crippen molar-refractivity contribution >= 4 is 29.0 Å². The zero-order valence-corrected chi connectivity index (χ0v) is 13.6. The first kappa shape index (κ1) is 16.9. The second-order valence-electron chi connectivity index (χ2n) is 5.40. The molecule has 0 bridgehead atoms. The molecule has 2 rings (SSSR count). The van der Waals surface area contributed by atoms with E-state index in [0.29, 0.717) is 23.9 Å². The minimum absolute atomic E-state index is 0.263. The summed E-state index contributed by atoms with van der Waals surface area (Å²) < 4.78 is 5.36. The Labute approximate surface area is 135 Å². The highest BCUT2D eigenvalue weighted by Crippen LogP contribution is 2.34. The van der Waals surface area contributed by atoms with Crippen LogP contribution in [0.2, 0.25) is 5.02 Å². The van der Waals surface area contributed by atoms with Crippen LogP contribution in [0.4, 0.5) is 16.2 Å². The third-order valence-electron chi connectivity index (χ3n) is 3.44. The maximum Gasteiger partial charge on any atom is 0.321 e. The van der Waals surface area contributed by atoms with E-state index in [1.54, 1.807) is 20.0 Å². The van der Waals surface area contributed by atoms with Crippen LogP contribution in [0.3, 0.4) is 0 Å². The molecule has 0 spiro atoms. The molecule has 2 amide bonds. The molecule has 1 aliphatic heterocycles. The van der Waals surface area contributed by atoms with E-state index in [0.717, 1.165) is 18.8 Å². The lowest BCUT2D eigenvalue weighted by Crippen LogP contribution is -2.39. The van der Waals surface area contributed by atoms with Crippen molar-refractivity contribution in [3.63, 3.8) is 0 Å². The molecular weight excluding hydrogens is 306 g/mol. The van der Waals surface area contributed by atoms with E-state index in [1.165, 1.54) is 4.90 Å². The Balaban J connectivity index is 2.16. The molecule has 1 saturated heterocycles. The van der Waals surface area contributed by atoms with Gasteiger partial charge in [0, 0.05) is 26.7 Å². The molecule has 0 radical (unpaired) electrons. The van der Waals surface area contributed by atoms with Gasteiger partial charge in [-0.25, -0.2) is 4.79 Å². The fraction of sp³-hybridized carbons (Fsp3) is 0.533. The molecule has 1 aromatic rings. The number of nitrogens with one attached hydrogen (secondary N) is 1. The van der Waals surface area contributed by atoms with Crippen LogP contribution in [0.15, 0.2) is 18.2 Å². The van der Waals surface area contributed by atoms with Crippen LogP contribution in [-0.4, -0.2) is 62.0 Å². The van der Waals surface area contributed by atoms with Gasteiger partial charge in [-0.15, -0.1) is 0 Å². The normalized spacial score (nSPS) is 16.3. The Morgan fingerprint density at radius 2 is 2.18 bits per heavy atom. The molecule has 1 aromatic carbocycles. The molecule has 1 fully saturated rings. The summed E-state index contributed by atoms with van der Waals surface area (Å²) in [5.41, 5.74) is 1.48. The van der Waals surface area contributed by atoms with E-state index in [1.807, 2.05) is 12.1 Å². The average Bonchev–Trinajstić information content (AvgIpc) is 2.47. The lowest BCUT2D eigenvalue weighted by Gasteiger charge is -2.31. The summed E-state index contributed by atoms with van der Waals surface area (Å²) in [6.07, 6.45) is -0.575. The summed E-state index contributed by atoms with van der Waals surface area (Å²) in [5.74, 6) is 0. The molecule has 0 aliphatic carbocycles. The number of halogens is 1. The van der Waals surface area contributed by atoms with Gasteiger partial charge in [0.2, 0.25) is 0 Å². The molecular formula is C15H22ClN3O3. The zero-order chi connectivity index (χ0) is 16.1. The number of aliphatic hydroxyl groups is 1. The van der Waals surface area contributed by atoms with Crippen LogP contribution in [0.1, 0.15) is 6.92 Å². The van der Waals surface area contributed by atoms with Crippen molar-refractivity contribution in [2.75, 3.05) is 50.1 Å². The van der Waals surface area contributed by atoms with Crippen LogP contribution in [0.25, 0.3) is 0 Å². The van der Waals surface area contributed by atoms with Gasteiger partial charge in [0.25, 0.3) is 0 Å². The smallest absolute Gasteiger partial charge is 0.321 e. The number of carbonyl (C=O) groups is 1. The first-order valence-electron chi connectivity index (χ1n) is 7.30. The fourth-order valence-corrected chi connectivity index (χ4v) is 2.71. The van der Waals surface area contributed by atoms with Gasteiger partial charge in [0.15, 0.2) is 0 Å². The number of anilines is 2. The Hall–Kier alpha value is -1.50. The summed E-state index contributed by atoms with van der Waals surface area (Å²) in [7, 11) is 1.64. The van der Waals surface area contributed by atoms with Gasteiger partial charge < -0.3 is 25.0 Å². The molecule has 0 saturated carbocycles. The van der Waals surface area contributed by atoms with Gasteiger partial charge in [-0.2, -0.15) is 0 Å². The fourth-order valence-electron chi connectivity index (χ4n) is 2.41. The number of ether oxygens (including phenoxy) is 1. The van der Waals surface area contributed by atoms with Crippen molar-refractivity contribution in [1.82, 2.24) is 4.90 Å². The molecule has 6 nitrogen and oxygen atoms in total. The number of hydrogen-bond acceptors (Lipinski definition) is 4. The Morgan fingerprint density at radius 3 is 2.82 bits per heavy atom. The molecule has 7 heteroatoms. The number of urea groups is 1. The number of morpholine rings is 1. The van der Waals surface area contributed by atoms with E-state index in [9.17, 15) is 9.90 Å². The van der Waals surface area contributed by atoms with Gasteiger partial charge in [-0.1, -0.05) is 17.7 Å². The number of carbonyl (C=O) groups excluding carboxylic acids is 1. The standard InChI is InChI=1S/C15H22ClN3O3/c1-11(20)10-18(2)15(21)17-13-5-3-4-12(16)14(13)19-6-8-22-9-7-19/h3-5,11,20H,6-10H2,1-2H3,(H,17,21)/t11-/m1/s1. The quantitative estimate of drug-likeness (QED) is 0.888. The number of hydrogen-bond donors (Lipinski definition) is 2. The Bertz CT molecular complexity index is 519. The van der Waals surface area contributed by atoms with E-state index in [2.05, 4.69) is 10.2 Å². The number of amides is 2. The molecule has 22 heavy (non-hydrogen) atoms. The first-order chi connectivity index (χ1) is 10.5. The van der Waals surface area contributed by atoms with Crippen molar-refractivity contribution in [2.45, 2.75) is 13.0 Å². The van der Waals surface area contributed by atoms with Crippen molar-refractivity contribution in [3.05, 3.63) is 23.2 Å². The van der Waals surface area contributed by atoms with Crippen molar-refractivity contribution in [3.8, 4) is 0 Å². The van der Waals surface area contributed by atoms with Crippen LogP contribution in [0.5, 0.6) is 0 Å². The van der Waals surface area contributed by atoms with Gasteiger partial charge >= 0.3 is 6.03 Å². The largest absolute Gasteiger partial charge is 0.392 e. The van der Waals surface area contributed by atoms with Crippen LogP contribution >= 0.6 is 11.6 Å². The molecule has 2 N–H and O–H groups in total. The summed E-state index contributed by atoms with van der Waals surface area (Å²) in [6.45, 7) is 4.65. The van der Waals surface area contributed by atoms with Gasteiger partial charge in [0.05, 0.1) is 35.7 Å². The molecule has 122 valence electrons. The average molecular weight is 328 g/mol. The van der Waals surface area contributed by atoms with Gasteiger partial charge in [0.1, 0.15) is 0 Å². The van der Waals surface area contributed by atoms with Crippen LogP contribution in [0, 0.1) is 0 Å². The van der Waals surface area contributed by atoms with Crippen LogP contribution < -0.4 is 10.2 Å². The third kappa shape index (κ3) is 4.25. The highest BCUT2D eigenvalue weighted by molar-refractivity contribution is 6.34. The number of likely N-dealkylation sites (N-methyl/N-ethyl adjacent to an activating group) is 1. The minimum atomic E-state index is -0.575. The number of para-hydroxylation sites is 1. The van der Waals surface area contributed by atoms with Gasteiger partial charge in [-0.05, 0) is 19.1 Å². The second kappa shape index (κ2) is 7.67. The van der Waals surface area contributed by atoms with Crippen molar-refractivity contribution < 1.29 is 14.6 Å². The number of benzene rings is 1. The molecule has 1 heterocycles. The van der Waals surface area contributed by atoms with E-state index < -0.39 is 6.10 Å². The predicted octanol–water partition coefficient (Wildman–Crippen LogP) is 2.02. The number of nitrogens with zero attached hydrogens (tertiary/aromatic N) is 2. The Kier molecular flexibility index (Phi) is 5.88. The maximum absolute atomic E-state index is 12.2. The lowest BCUT2D eigenvalue weighted by molar-refractivity contribution is 0.123. The zero-order valence-electron chi connectivity index (χ0n) is 12.9. The molecule has 1 aliphatic rings. The van der Waals surface area contributed by atoms with E-state index in [4.69, 9.17) is 16.3 Å². The predicted molar refractivity (Wildman–Crippen MR) is 87.8 cm³/mol. The monoisotopic (exact) mass is 327 g/mol. The lowest BCUT2D eigenvalue weighted by atomic mass is 10.2. The molecule has 0 unspecified atom stereocenters. The highest BCUT2D eigenvalue weighted by atomic mass is 35.5. The molecule has 0 aromatic heterocycles. The van der Waals surface area contributed by atoms with E-state index in [-0.39, 0.29) is 12.6 Å².